The molecule has 1 aliphatic heterocycles. The van der Waals surface area contributed by atoms with Crippen LogP contribution in [0.1, 0.15) is 47.5 Å². The van der Waals surface area contributed by atoms with Crippen LogP contribution in [-0.4, -0.2) is 38.4 Å². The Bertz CT molecular complexity index is 810. The quantitative estimate of drug-likeness (QED) is 0.775. The minimum absolute atomic E-state index is 0.477. The van der Waals surface area contributed by atoms with Crippen LogP contribution in [-0.2, 0) is 13.0 Å². The van der Waals surface area contributed by atoms with Crippen molar-refractivity contribution >= 4 is 0 Å². The maximum absolute atomic E-state index is 5.85. The molecule has 3 heterocycles. The summed E-state index contributed by atoms with van der Waals surface area (Å²) < 4.78 is 5.85. The van der Waals surface area contributed by atoms with Crippen LogP contribution >= 0.6 is 0 Å². The Hall–Kier alpha value is -2.47. The normalized spacial score (nSPS) is 18.5. The van der Waals surface area contributed by atoms with Gasteiger partial charge in [0.1, 0.15) is 0 Å². The molecule has 0 aliphatic carbocycles. The number of nitrogens with zero attached hydrogens (tertiary/aromatic N) is 4. The fourth-order valence-electron chi connectivity index (χ4n) is 3.47. The van der Waals surface area contributed by atoms with Crippen molar-refractivity contribution < 1.29 is 4.42 Å². The smallest absolute Gasteiger partial charge is 0.230 e. The summed E-state index contributed by atoms with van der Waals surface area (Å²) in [6, 6.07) is 12.4. The predicted octanol–water partition coefficient (Wildman–Crippen LogP) is 3.07. The van der Waals surface area contributed by atoms with Crippen LogP contribution in [0.3, 0.4) is 0 Å². The summed E-state index contributed by atoms with van der Waals surface area (Å²) >= 11 is 0. The summed E-state index contributed by atoms with van der Waals surface area (Å²) in [7, 11) is 0. The molecule has 4 rings (SSSR count). The number of rotatable bonds is 5. The molecule has 1 N–H and O–H groups in total. The lowest BCUT2D eigenvalue weighted by Gasteiger charge is -2.30. The standard InChI is InChI=1S/C19H23N5O/c1-14-10-17(21-20-14)16-8-5-9-24(12-16)13-19-23-22-18(25-19)11-15-6-3-2-4-7-15/h2-4,6-7,10,16H,5,8-9,11-13H2,1H3,(H,20,21)/t16-/m1/s1. The highest BCUT2D eigenvalue weighted by atomic mass is 16.4. The Labute approximate surface area is 147 Å². The van der Waals surface area contributed by atoms with Gasteiger partial charge in [0.2, 0.25) is 11.8 Å². The zero-order valence-electron chi connectivity index (χ0n) is 14.5. The molecule has 1 fully saturated rings. The van der Waals surface area contributed by atoms with Crippen LogP contribution in [0.15, 0.2) is 40.8 Å². The third kappa shape index (κ3) is 3.96. The lowest BCUT2D eigenvalue weighted by Crippen LogP contribution is -2.34. The van der Waals surface area contributed by atoms with Gasteiger partial charge in [0.25, 0.3) is 0 Å². The number of aromatic amines is 1. The van der Waals surface area contributed by atoms with Gasteiger partial charge in [-0.15, -0.1) is 10.2 Å². The highest BCUT2D eigenvalue weighted by Crippen LogP contribution is 2.26. The molecule has 6 heteroatoms. The van der Waals surface area contributed by atoms with E-state index in [1.165, 1.54) is 18.4 Å². The van der Waals surface area contributed by atoms with Gasteiger partial charge in [-0.25, -0.2) is 0 Å². The van der Waals surface area contributed by atoms with Crippen LogP contribution in [0, 0.1) is 6.92 Å². The van der Waals surface area contributed by atoms with Crippen molar-refractivity contribution in [2.75, 3.05) is 13.1 Å². The number of aryl methyl sites for hydroxylation is 1. The molecule has 1 saturated heterocycles. The first-order chi connectivity index (χ1) is 12.3. The Balaban J connectivity index is 1.37. The maximum Gasteiger partial charge on any atom is 0.230 e. The topological polar surface area (TPSA) is 70.8 Å². The van der Waals surface area contributed by atoms with Crippen LogP contribution in [0.2, 0.25) is 0 Å². The van der Waals surface area contributed by atoms with Crippen LogP contribution in [0.25, 0.3) is 0 Å². The molecule has 25 heavy (non-hydrogen) atoms. The molecule has 3 aromatic rings. The van der Waals surface area contributed by atoms with Crippen molar-refractivity contribution in [3.63, 3.8) is 0 Å². The highest BCUT2D eigenvalue weighted by molar-refractivity contribution is 5.17. The summed E-state index contributed by atoms with van der Waals surface area (Å²) in [5.41, 5.74) is 3.47. The fraction of sp³-hybridized carbons (Fsp3) is 0.421. The van der Waals surface area contributed by atoms with Gasteiger partial charge in [0.05, 0.1) is 18.7 Å². The van der Waals surface area contributed by atoms with Gasteiger partial charge >= 0.3 is 0 Å². The number of hydrogen-bond acceptors (Lipinski definition) is 5. The van der Waals surface area contributed by atoms with Gasteiger partial charge in [-0.2, -0.15) is 5.10 Å². The SMILES string of the molecule is Cc1cc([C@@H]2CCCN(Cc3nnc(Cc4ccccc4)o3)C2)n[nH]1. The largest absolute Gasteiger partial charge is 0.424 e. The van der Waals surface area contributed by atoms with Crippen LogP contribution in [0.4, 0.5) is 0 Å². The lowest BCUT2D eigenvalue weighted by atomic mass is 9.95. The van der Waals surface area contributed by atoms with E-state index in [0.29, 0.717) is 30.7 Å². The van der Waals surface area contributed by atoms with Crippen LogP contribution < -0.4 is 0 Å². The zero-order valence-corrected chi connectivity index (χ0v) is 14.5. The molecule has 0 spiro atoms. The summed E-state index contributed by atoms with van der Waals surface area (Å²) in [6.07, 6.45) is 3.04. The van der Waals surface area contributed by atoms with Crippen molar-refractivity contribution in [3.05, 3.63) is 65.1 Å². The van der Waals surface area contributed by atoms with Crippen molar-refractivity contribution in [3.8, 4) is 0 Å². The molecule has 0 bridgehead atoms. The van der Waals surface area contributed by atoms with E-state index in [4.69, 9.17) is 4.42 Å². The number of likely N-dealkylation sites (tertiary alicyclic amines) is 1. The van der Waals surface area contributed by atoms with E-state index >= 15 is 0 Å². The third-order valence-corrected chi connectivity index (χ3v) is 4.72. The van der Waals surface area contributed by atoms with Gasteiger partial charge in [0.15, 0.2) is 0 Å². The average Bonchev–Trinajstić information content (AvgIpc) is 3.25. The molecule has 0 unspecified atom stereocenters. The van der Waals surface area contributed by atoms with E-state index in [9.17, 15) is 0 Å². The monoisotopic (exact) mass is 337 g/mol. The van der Waals surface area contributed by atoms with Gasteiger partial charge in [0, 0.05) is 18.2 Å². The average molecular weight is 337 g/mol. The third-order valence-electron chi connectivity index (χ3n) is 4.72. The number of nitrogens with one attached hydrogen (secondary N) is 1. The molecule has 0 saturated carbocycles. The Morgan fingerprint density at radius 2 is 2.04 bits per heavy atom. The fourth-order valence-corrected chi connectivity index (χ4v) is 3.47. The Kier molecular flexibility index (Phi) is 4.61. The molecule has 1 aromatic carbocycles. The van der Waals surface area contributed by atoms with E-state index < -0.39 is 0 Å². The van der Waals surface area contributed by atoms with Crippen LogP contribution in [0.5, 0.6) is 0 Å². The minimum Gasteiger partial charge on any atom is -0.424 e. The molecule has 2 aromatic heterocycles. The molecule has 0 amide bonds. The second kappa shape index (κ2) is 7.19. The second-order valence-electron chi connectivity index (χ2n) is 6.80. The summed E-state index contributed by atoms with van der Waals surface area (Å²) in [5, 5.41) is 15.9. The summed E-state index contributed by atoms with van der Waals surface area (Å²) in [6.45, 7) is 4.81. The van der Waals surface area contributed by atoms with E-state index in [-0.39, 0.29) is 0 Å². The zero-order chi connectivity index (χ0) is 17.1. The molecule has 6 nitrogen and oxygen atoms in total. The van der Waals surface area contributed by atoms with Gasteiger partial charge < -0.3 is 4.42 Å². The van der Waals surface area contributed by atoms with Crippen molar-refractivity contribution in [1.82, 2.24) is 25.3 Å². The first-order valence-corrected chi connectivity index (χ1v) is 8.86. The number of H-pyrrole nitrogens is 1. The van der Waals surface area contributed by atoms with E-state index in [1.54, 1.807) is 0 Å². The molecule has 1 atom stereocenters. The van der Waals surface area contributed by atoms with Gasteiger partial charge in [-0.1, -0.05) is 30.3 Å². The van der Waals surface area contributed by atoms with Crippen molar-refractivity contribution in [2.45, 2.75) is 38.6 Å². The first kappa shape index (κ1) is 16.0. The number of hydrogen-bond donors (Lipinski definition) is 1. The molecule has 0 radical (unpaired) electrons. The number of benzene rings is 1. The van der Waals surface area contributed by atoms with E-state index in [0.717, 1.165) is 24.5 Å². The Morgan fingerprint density at radius 1 is 1.20 bits per heavy atom. The maximum atomic E-state index is 5.85. The minimum atomic E-state index is 0.477. The van der Waals surface area contributed by atoms with E-state index in [2.05, 4.69) is 43.5 Å². The summed E-state index contributed by atoms with van der Waals surface area (Å²) in [4.78, 5) is 2.39. The molecular weight excluding hydrogens is 314 g/mol. The van der Waals surface area contributed by atoms with Gasteiger partial charge in [-0.3, -0.25) is 10.00 Å². The molecule has 1 aliphatic rings. The highest BCUT2D eigenvalue weighted by Gasteiger charge is 2.24. The molecular formula is C19H23N5O. The first-order valence-electron chi connectivity index (χ1n) is 8.86. The van der Waals surface area contributed by atoms with E-state index in [1.807, 2.05) is 25.1 Å². The van der Waals surface area contributed by atoms with Crippen molar-refractivity contribution in [1.29, 1.82) is 0 Å². The van der Waals surface area contributed by atoms with Gasteiger partial charge in [-0.05, 0) is 37.9 Å². The second-order valence-corrected chi connectivity index (χ2v) is 6.80. The molecule has 130 valence electrons. The summed E-state index contributed by atoms with van der Waals surface area (Å²) in [5.74, 6) is 1.85. The lowest BCUT2D eigenvalue weighted by molar-refractivity contribution is 0.181. The number of piperidine rings is 1. The predicted molar refractivity (Wildman–Crippen MR) is 94.1 cm³/mol. The van der Waals surface area contributed by atoms with Crippen molar-refractivity contribution in [2.24, 2.45) is 0 Å². The Morgan fingerprint density at radius 3 is 2.84 bits per heavy atom. The number of aromatic nitrogens is 4.